The highest BCUT2D eigenvalue weighted by molar-refractivity contribution is 7.98. The van der Waals surface area contributed by atoms with Crippen LogP contribution in [0.5, 0.6) is 0 Å². The predicted octanol–water partition coefficient (Wildman–Crippen LogP) is 2.40. The Balaban J connectivity index is 1.65. The molecule has 31 heavy (non-hydrogen) atoms. The zero-order valence-electron chi connectivity index (χ0n) is 17.3. The van der Waals surface area contributed by atoms with Gasteiger partial charge in [-0.25, -0.2) is 9.50 Å². The Morgan fingerprint density at radius 3 is 2.68 bits per heavy atom. The summed E-state index contributed by atoms with van der Waals surface area (Å²) in [6.45, 7) is 4.58. The van der Waals surface area contributed by atoms with Gasteiger partial charge in [0, 0.05) is 23.0 Å². The third kappa shape index (κ3) is 4.79. The molecule has 0 aliphatic carbocycles. The van der Waals surface area contributed by atoms with Crippen LogP contribution in [0, 0.1) is 30.9 Å². The number of nitro groups is 1. The average Bonchev–Trinajstić information content (AvgIpc) is 3.14. The molecule has 0 bridgehead atoms. The number of aromatic nitrogens is 4. The summed E-state index contributed by atoms with van der Waals surface area (Å²) < 4.78 is 6.65. The lowest BCUT2D eigenvalue weighted by molar-refractivity contribution is -0.385. The monoisotopic (exact) mass is 444 g/mol. The van der Waals surface area contributed by atoms with Gasteiger partial charge >= 0.3 is 5.97 Å². The first kappa shape index (κ1) is 22.2. The number of fused-ring (bicyclic) bond motifs is 1. The van der Waals surface area contributed by atoms with Crippen LogP contribution < -0.4 is 5.32 Å². The lowest BCUT2D eigenvalue weighted by atomic mass is 10.1. The third-order valence-electron chi connectivity index (χ3n) is 4.67. The van der Waals surface area contributed by atoms with Gasteiger partial charge in [0.1, 0.15) is 0 Å². The molecule has 1 aromatic carbocycles. The van der Waals surface area contributed by atoms with Gasteiger partial charge in [-0.15, -0.1) is 5.10 Å². The summed E-state index contributed by atoms with van der Waals surface area (Å²) in [5, 5.41) is 18.4. The Bertz CT molecular complexity index is 1190. The number of carbonyl (C=O) groups is 2. The maximum absolute atomic E-state index is 12.3. The molecular weight excluding hydrogens is 424 g/mol. The van der Waals surface area contributed by atoms with E-state index in [1.54, 1.807) is 18.4 Å². The van der Waals surface area contributed by atoms with E-state index in [-0.39, 0.29) is 17.8 Å². The van der Waals surface area contributed by atoms with Crippen molar-refractivity contribution in [2.75, 3.05) is 18.2 Å². The fraction of sp³-hybridized carbons (Fsp3) is 0.316. The van der Waals surface area contributed by atoms with Crippen molar-refractivity contribution in [2.24, 2.45) is 0 Å². The fourth-order valence-electron chi connectivity index (χ4n) is 3.02. The molecule has 0 aliphatic rings. The lowest BCUT2D eigenvalue weighted by Crippen LogP contribution is -2.22. The van der Waals surface area contributed by atoms with E-state index in [1.807, 2.05) is 6.26 Å². The number of nitro benzene ring substituents is 1. The topological polar surface area (TPSA) is 142 Å². The van der Waals surface area contributed by atoms with E-state index in [0.29, 0.717) is 33.4 Å². The second-order valence-corrected chi connectivity index (χ2v) is 7.44. The number of anilines is 1. The minimum Gasteiger partial charge on any atom is -0.455 e. The molecule has 1 N–H and O–H groups in total. The number of nitrogens with one attached hydrogen (secondary N) is 1. The normalized spacial score (nSPS) is 10.8. The van der Waals surface area contributed by atoms with Gasteiger partial charge in [0.15, 0.2) is 6.61 Å². The number of amides is 1. The van der Waals surface area contributed by atoms with Crippen molar-refractivity contribution in [2.45, 2.75) is 32.3 Å². The van der Waals surface area contributed by atoms with E-state index in [9.17, 15) is 19.7 Å². The van der Waals surface area contributed by atoms with Crippen LogP contribution in [-0.2, 0) is 20.7 Å². The van der Waals surface area contributed by atoms with E-state index in [2.05, 4.69) is 20.4 Å². The van der Waals surface area contributed by atoms with Crippen molar-refractivity contribution in [3.8, 4) is 0 Å². The molecule has 0 radical (unpaired) electrons. The first-order chi connectivity index (χ1) is 14.7. The highest BCUT2D eigenvalue weighted by Gasteiger charge is 2.18. The number of carbonyl (C=O) groups excluding carboxylic acids is 2. The molecule has 0 unspecified atom stereocenters. The fourth-order valence-corrected chi connectivity index (χ4v) is 3.35. The van der Waals surface area contributed by atoms with Gasteiger partial charge in [0.25, 0.3) is 17.4 Å². The summed E-state index contributed by atoms with van der Waals surface area (Å²) in [5.41, 5.74) is 2.47. The second-order valence-electron chi connectivity index (χ2n) is 6.66. The van der Waals surface area contributed by atoms with Gasteiger partial charge in [-0.05, 0) is 33.1 Å². The largest absolute Gasteiger partial charge is 0.455 e. The summed E-state index contributed by atoms with van der Waals surface area (Å²) in [6.07, 6.45) is 1.77. The molecule has 162 valence electrons. The molecule has 3 rings (SSSR count). The molecule has 0 fully saturated rings. The van der Waals surface area contributed by atoms with Gasteiger partial charge in [0.05, 0.1) is 22.6 Å². The number of aryl methyl sites for hydroxylation is 2. The van der Waals surface area contributed by atoms with Gasteiger partial charge in [-0.2, -0.15) is 4.98 Å². The minimum absolute atomic E-state index is 0.0851. The Morgan fingerprint density at radius 2 is 2.00 bits per heavy atom. The van der Waals surface area contributed by atoms with Crippen molar-refractivity contribution in [3.63, 3.8) is 0 Å². The van der Waals surface area contributed by atoms with E-state index >= 15 is 0 Å². The molecule has 1 amide bonds. The van der Waals surface area contributed by atoms with Crippen molar-refractivity contribution in [3.05, 3.63) is 50.8 Å². The quantitative estimate of drug-likeness (QED) is 0.251. The number of rotatable bonds is 7. The van der Waals surface area contributed by atoms with Crippen molar-refractivity contribution < 1.29 is 19.2 Å². The summed E-state index contributed by atoms with van der Waals surface area (Å²) in [5.74, 6) is -0.758. The Kier molecular flexibility index (Phi) is 6.49. The van der Waals surface area contributed by atoms with Gasteiger partial charge in [-0.1, -0.05) is 17.8 Å². The molecule has 2 heterocycles. The van der Waals surface area contributed by atoms with Crippen molar-refractivity contribution in [1.82, 2.24) is 19.6 Å². The first-order valence-electron chi connectivity index (χ1n) is 9.17. The minimum atomic E-state index is -0.608. The predicted molar refractivity (Wildman–Crippen MR) is 113 cm³/mol. The number of ether oxygens (including phenoxy) is 1. The zero-order chi connectivity index (χ0) is 22.7. The van der Waals surface area contributed by atoms with E-state index in [1.165, 1.54) is 36.9 Å². The summed E-state index contributed by atoms with van der Waals surface area (Å²) >= 11 is 1.39. The van der Waals surface area contributed by atoms with Crippen molar-refractivity contribution in [1.29, 1.82) is 0 Å². The number of hydrogen-bond acceptors (Lipinski definition) is 9. The number of benzene rings is 1. The highest BCUT2D eigenvalue weighted by Crippen LogP contribution is 2.25. The van der Waals surface area contributed by atoms with Crippen LogP contribution in [0.15, 0.2) is 23.4 Å². The number of nitrogens with zero attached hydrogens (tertiary/aromatic N) is 5. The van der Waals surface area contributed by atoms with E-state index in [0.717, 1.165) is 0 Å². The SMILES string of the molecule is CSc1nc2nc(C)c(CC(=O)OCC(=O)Nc3cccc([N+](=O)[O-])c3C)c(C)n2n1. The lowest BCUT2D eigenvalue weighted by Gasteiger charge is -2.11. The molecule has 12 heteroatoms. The molecule has 0 saturated heterocycles. The second kappa shape index (κ2) is 9.08. The Hall–Kier alpha value is -3.54. The van der Waals surface area contributed by atoms with E-state index < -0.39 is 23.4 Å². The summed E-state index contributed by atoms with van der Waals surface area (Å²) in [6, 6.07) is 4.35. The molecule has 3 aromatic rings. The van der Waals surface area contributed by atoms with Crippen LogP contribution in [0.3, 0.4) is 0 Å². The van der Waals surface area contributed by atoms with Crippen LogP contribution >= 0.6 is 11.8 Å². The van der Waals surface area contributed by atoms with Crippen LogP contribution in [0.25, 0.3) is 5.78 Å². The molecule has 0 aliphatic heterocycles. The van der Waals surface area contributed by atoms with Gasteiger partial charge < -0.3 is 10.1 Å². The number of thioether (sulfide) groups is 1. The molecule has 0 saturated carbocycles. The Labute approximate surface area is 181 Å². The molecular formula is C19H20N6O5S. The van der Waals surface area contributed by atoms with Crippen molar-refractivity contribution >= 4 is 40.8 Å². The first-order valence-corrected chi connectivity index (χ1v) is 10.4. The molecule has 0 spiro atoms. The average molecular weight is 444 g/mol. The summed E-state index contributed by atoms with van der Waals surface area (Å²) in [7, 11) is 0. The third-order valence-corrected chi connectivity index (χ3v) is 5.21. The Morgan fingerprint density at radius 1 is 1.26 bits per heavy atom. The molecule has 2 aromatic heterocycles. The van der Waals surface area contributed by atoms with Gasteiger partial charge in [-0.3, -0.25) is 19.7 Å². The van der Waals surface area contributed by atoms with E-state index in [4.69, 9.17) is 4.74 Å². The molecule has 0 atom stereocenters. The van der Waals surface area contributed by atoms with Gasteiger partial charge in [0.2, 0.25) is 5.16 Å². The smallest absolute Gasteiger partial charge is 0.310 e. The standard InChI is InChI=1S/C19H20N6O5S/c1-10-14(6-5-7-15(10)25(28)29)21-16(26)9-30-17(27)8-13-11(2)20-18-22-19(31-4)23-24(18)12(13)3/h5-7H,8-9H2,1-4H3,(H,21,26). The zero-order valence-corrected chi connectivity index (χ0v) is 18.1. The van der Waals surface area contributed by atoms with Crippen LogP contribution in [0.2, 0.25) is 0 Å². The number of esters is 1. The van der Waals surface area contributed by atoms with Crippen LogP contribution in [0.1, 0.15) is 22.5 Å². The molecule has 11 nitrogen and oxygen atoms in total. The maximum atomic E-state index is 12.3. The summed E-state index contributed by atoms with van der Waals surface area (Å²) in [4.78, 5) is 43.6. The van der Waals surface area contributed by atoms with Crippen LogP contribution in [0.4, 0.5) is 11.4 Å². The maximum Gasteiger partial charge on any atom is 0.310 e. The van der Waals surface area contributed by atoms with Crippen LogP contribution in [-0.4, -0.2) is 49.2 Å². The number of hydrogen-bond donors (Lipinski definition) is 1. The highest BCUT2D eigenvalue weighted by atomic mass is 32.2.